The lowest BCUT2D eigenvalue weighted by atomic mass is 10.0. The van der Waals surface area contributed by atoms with Gasteiger partial charge in [0.1, 0.15) is 11.5 Å². The summed E-state index contributed by atoms with van der Waals surface area (Å²) >= 11 is 0. The fourth-order valence-corrected chi connectivity index (χ4v) is 3.34. The number of nitrogens with zero attached hydrogens (tertiary/aromatic N) is 2. The Morgan fingerprint density at radius 1 is 1.00 bits per heavy atom. The number of benzene rings is 2. The van der Waals surface area contributed by atoms with Gasteiger partial charge in [0.2, 0.25) is 11.2 Å². The van der Waals surface area contributed by atoms with Gasteiger partial charge in [0.05, 0.1) is 17.6 Å². The highest BCUT2D eigenvalue weighted by atomic mass is 19.1. The van der Waals surface area contributed by atoms with Crippen molar-refractivity contribution >= 4 is 16.7 Å². The fraction of sp³-hybridized carbons (Fsp3) is 0.125. The maximum atomic E-state index is 14.2. The topological polar surface area (TPSA) is 52.0 Å². The molecule has 0 spiro atoms. The second kappa shape index (κ2) is 7.43. The molecule has 0 saturated heterocycles. The summed E-state index contributed by atoms with van der Waals surface area (Å²) in [6, 6.07) is 16.9. The molecule has 0 N–H and O–H groups in total. The summed E-state index contributed by atoms with van der Waals surface area (Å²) in [7, 11) is 0. The zero-order chi connectivity index (χ0) is 20.5. The van der Waals surface area contributed by atoms with E-state index in [1.54, 1.807) is 47.0 Å². The van der Waals surface area contributed by atoms with E-state index in [0.717, 1.165) is 11.3 Å². The molecule has 29 heavy (non-hydrogen) atoms. The molecule has 2 heterocycles. The van der Waals surface area contributed by atoms with Gasteiger partial charge in [-0.2, -0.15) is 0 Å². The molecule has 4 nitrogen and oxygen atoms in total. The van der Waals surface area contributed by atoms with Crippen molar-refractivity contribution in [3.63, 3.8) is 0 Å². The van der Waals surface area contributed by atoms with Crippen LogP contribution >= 0.6 is 0 Å². The molecular weight excluding hydrogens is 367 g/mol. The smallest absolute Gasteiger partial charge is 0.216 e. The number of pyridine rings is 2. The standard InChI is InChI=1S/C24H19FN2O2/c1-15-11-12-21(26-16(15)2)24(29)19-14-27(13-17-7-3-5-9-20(17)25)22-10-6-4-8-18(22)23(19)28/h3-12,14H,13H2,1-2H3. The third-order valence-corrected chi connectivity index (χ3v) is 5.11. The van der Waals surface area contributed by atoms with Crippen LogP contribution < -0.4 is 5.43 Å². The summed E-state index contributed by atoms with van der Waals surface area (Å²) in [5, 5.41) is 0.415. The summed E-state index contributed by atoms with van der Waals surface area (Å²) < 4.78 is 15.9. The third-order valence-electron chi connectivity index (χ3n) is 5.11. The first-order valence-corrected chi connectivity index (χ1v) is 9.30. The molecule has 2 aromatic heterocycles. The SMILES string of the molecule is Cc1ccc(C(=O)c2cn(Cc3ccccc3F)c3ccccc3c2=O)nc1C. The van der Waals surface area contributed by atoms with Gasteiger partial charge in [0, 0.05) is 22.8 Å². The van der Waals surface area contributed by atoms with Crippen molar-refractivity contribution in [3.05, 3.63) is 111 Å². The Bertz CT molecular complexity index is 1310. The van der Waals surface area contributed by atoms with Crippen LogP contribution in [-0.2, 0) is 6.54 Å². The van der Waals surface area contributed by atoms with Crippen molar-refractivity contribution < 1.29 is 9.18 Å². The molecule has 0 aliphatic heterocycles. The average Bonchev–Trinajstić information content (AvgIpc) is 2.73. The van der Waals surface area contributed by atoms with Crippen LogP contribution in [0.25, 0.3) is 10.9 Å². The number of para-hydroxylation sites is 1. The fourth-order valence-electron chi connectivity index (χ4n) is 3.34. The maximum Gasteiger partial charge on any atom is 0.216 e. The van der Waals surface area contributed by atoms with Crippen LogP contribution in [0.2, 0.25) is 0 Å². The third kappa shape index (κ3) is 3.47. The van der Waals surface area contributed by atoms with Gasteiger partial charge in [0.15, 0.2) is 0 Å². The number of halogens is 1. The van der Waals surface area contributed by atoms with E-state index >= 15 is 0 Å². The first-order valence-electron chi connectivity index (χ1n) is 9.30. The number of carbonyl (C=O) groups excluding carboxylic acids is 1. The molecule has 0 saturated carbocycles. The van der Waals surface area contributed by atoms with E-state index in [4.69, 9.17) is 0 Å². The van der Waals surface area contributed by atoms with Gasteiger partial charge in [0.25, 0.3) is 0 Å². The molecular formula is C24H19FN2O2. The van der Waals surface area contributed by atoms with E-state index in [1.807, 2.05) is 26.0 Å². The molecule has 0 aliphatic rings. The second-order valence-corrected chi connectivity index (χ2v) is 7.04. The van der Waals surface area contributed by atoms with Crippen LogP contribution in [0.5, 0.6) is 0 Å². The van der Waals surface area contributed by atoms with E-state index < -0.39 is 5.78 Å². The summed E-state index contributed by atoms with van der Waals surface area (Å²) in [4.78, 5) is 30.5. The number of aryl methyl sites for hydroxylation is 2. The van der Waals surface area contributed by atoms with Gasteiger partial charge in [-0.25, -0.2) is 9.37 Å². The minimum absolute atomic E-state index is 0.0239. The van der Waals surface area contributed by atoms with Gasteiger partial charge < -0.3 is 4.57 Å². The maximum absolute atomic E-state index is 14.2. The second-order valence-electron chi connectivity index (χ2n) is 7.04. The Morgan fingerprint density at radius 2 is 1.72 bits per heavy atom. The number of carbonyl (C=O) groups is 1. The number of hydrogen-bond donors (Lipinski definition) is 0. The van der Waals surface area contributed by atoms with Crippen LogP contribution in [0.3, 0.4) is 0 Å². The summed E-state index contributed by atoms with van der Waals surface area (Å²) in [5.41, 5.74) is 2.72. The molecule has 0 atom stereocenters. The molecule has 0 bridgehead atoms. The number of hydrogen-bond acceptors (Lipinski definition) is 3. The Hall–Kier alpha value is -3.60. The number of fused-ring (bicyclic) bond motifs is 1. The quantitative estimate of drug-likeness (QED) is 0.488. The molecule has 0 aliphatic carbocycles. The Morgan fingerprint density at radius 3 is 2.48 bits per heavy atom. The van der Waals surface area contributed by atoms with Crippen molar-refractivity contribution in [2.45, 2.75) is 20.4 Å². The van der Waals surface area contributed by atoms with Crippen LogP contribution in [0.1, 0.15) is 32.9 Å². The zero-order valence-electron chi connectivity index (χ0n) is 16.1. The summed E-state index contributed by atoms with van der Waals surface area (Å²) in [6.45, 7) is 3.94. The minimum Gasteiger partial charge on any atom is -0.342 e. The lowest BCUT2D eigenvalue weighted by Crippen LogP contribution is -2.21. The predicted octanol–water partition coefficient (Wildman–Crippen LogP) is 4.43. The Kier molecular flexibility index (Phi) is 4.80. The van der Waals surface area contributed by atoms with Gasteiger partial charge >= 0.3 is 0 Å². The van der Waals surface area contributed by atoms with E-state index in [1.165, 1.54) is 12.3 Å². The van der Waals surface area contributed by atoms with E-state index in [9.17, 15) is 14.0 Å². The van der Waals surface area contributed by atoms with Gasteiger partial charge in [-0.15, -0.1) is 0 Å². The molecule has 4 rings (SSSR count). The Labute approximate surface area is 167 Å². The zero-order valence-corrected chi connectivity index (χ0v) is 16.1. The minimum atomic E-state index is -0.439. The first-order chi connectivity index (χ1) is 14.0. The monoisotopic (exact) mass is 386 g/mol. The lowest BCUT2D eigenvalue weighted by molar-refractivity contribution is 0.103. The number of aromatic nitrogens is 2. The average molecular weight is 386 g/mol. The lowest BCUT2D eigenvalue weighted by Gasteiger charge is -2.14. The molecule has 5 heteroatoms. The number of ketones is 1. The van der Waals surface area contributed by atoms with Crippen LogP contribution in [0, 0.1) is 19.7 Å². The highest BCUT2D eigenvalue weighted by molar-refractivity contribution is 6.09. The van der Waals surface area contributed by atoms with E-state index in [-0.39, 0.29) is 29.0 Å². The molecule has 0 radical (unpaired) electrons. The van der Waals surface area contributed by atoms with E-state index in [0.29, 0.717) is 16.5 Å². The summed E-state index contributed by atoms with van der Waals surface area (Å²) in [5.74, 6) is -0.773. The van der Waals surface area contributed by atoms with Crippen molar-refractivity contribution in [2.24, 2.45) is 0 Å². The molecule has 4 aromatic rings. The van der Waals surface area contributed by atoms with Crippen LogP contribution in [0.4, 0.5) is 4.39 Å². The Balaban J connectivity index is 1.90. The molecule has 0 fully saturated rings. The molecule has 0 amide bonds. The van der Waals surface area contributed by atoms with Gasteiger partial charge in [-0.3, -0.25) is 9.59 Å². The predicted molar refractivity (Wildman–Crippen MR) is 111 cm³/mol. The van der Waals surface area contributed by atoms with Gasteiger partial charge in [-0.1, -0.05) is 36.4 Å². The highest BCUT2D eigenvalue weighted by Crippen LogP contribution is 2.17. The van der Waals surface area contributed by atoms with Crippen molar-refractivity contribution in [2.75, 3.05) is 0 Å². The summed E-state index contributed by atoms with van der Waals surface area (Å²) in [6.07, 6.45) is 1.51. The van der Waals surface area contributed by atoms with Crippen molar-refractivity contribution in [1.82, 2.24) is 9.55 Å². The van der Waals surface area contributed by atoms with Crippen molar-refractivity contribution in [1.29, 1.82) is 0 Å². The molecule has 144 valence electrons. The normalized spacial score (nSPS) is 11.0. The van der Waals surface area contributed by atoms with E-state index in [2.05, 4.69) is 4.98 Å². The first kappa shape index (κ1) is 18.7. The van der Waals surface area contributed by atoms with Crippen LogP contribution in [0.15, 0.2) is 71.7 Å². The molecule has 2 aromatic carbocycles. The molecule has 0 unspecified atom stereocenters. The van der Waals surface area contributed by atoms with Crippen LogP contribution in [-0.4, -0.2) is 15.3 Å². The van der Waals surface area contributed by atoms with Crippen molar-refractivity contribution in [3.8, 4) is 0 Å². The number of rotatable bonds is 4. The van der Waals surface area contributed by atoms with Gasteiger partial charge in [-0.05, 0) is 43.7 Å². The highest BCUT2D eigenvalue weighted by Gasteiger charge is 2.19. The largest absolute Gasteiger partial charge is 0.342 e.